The first-order chi connectivity index (χ1) is 9.07. The summed E-state index contributed by atoms with van der Waals surface area (Å²) in [6, 6.07) is 3.29. The highest BCUT2D eigenvalue weighted by Gasteiger charge is 2.14. The van der Waals surface area contributed by atoms with Crippen molar-refractivity contribution < 1.29 is 19.1 Å². The third kappa shape index (κ3) is 3.37. The molecule has 1 aromatic rings. The molecule has 0 saturated carbocycles. The first-order valence-corrected chi connectivity index (χ1v) is 5.72. The van der Waals surface area contributed by atoms with Gasteiger partial charge in [0.25, 0.3) is 0 Å². The van der Waals surface area contributed by atoms with Gasteiger partial charge in [-0.25, -0.2) is 0 Å². The van der Waals surface area contributed by atoms with Crippen LogP contribution in [0.25, 0.3) is 6.08 Å². The van der Waals surface area contributed by atoms with E-state index >= 15 is 0 Å². The van der Waals surface area contributed by atoms with Crippen molar-refractivity contribution in [2.75, 3.05) is 21.3 Å². The molecule has 0 aliphatic carbocycles. The van der Waals surface area contributed by atoms with E-state index in [-0.39, 0.29) is 5.70 Å². The maximum atomic E-state index is 10.9. The molecule has 0 bridgehead atoms. The molecule has 0 saturated heterocycles. The largest absolute Gasteiger partial charge is 0.496 e. The van der Waals surface area contributed by atoms with Gasteiger partial charge in [-0.1, -0.05) is 6.92 Å². The Morgan fingerprint density at radius 2 is 1.68 bits per heavy atom. The van der Waals surface area contributed by atoms with Gasteiger partial charge < -0.3 is 14.2 Å². The van der Waals surface area contributed by atoms with Crippen LogP contribution in [0.1, 0.15) is 18.9 Å². The molecule has 0 amide bonds. The number of hydrogen-bond donors (Lipinski definition) is 0. The van der Waals surface area contributed by atoms with Crippen LogP contribution in [0.5, 0.6) is 17.2 Å². The van der Waals surface area contributed by atoms with E-state index in [1.165, 1.54) is 27.4 Å². The fourth-order valence-electron chi connectivity index (χ4n) is 1.63. The van der Waals surface area contributed by atoms with Gasteiger partial charge in [0.1, 0.15) is 5.75 Å². The van der Waals surface area contributed by atoms with E-state index in [0.29, 0.717) is 29.2 Å². The van der Waals surface area contributed by atoms with Crippen LogP contribution in [0.15, 0.2) is 17.8 Å². The smallest absolute Gasteiger partial charge is 0.246 e. The zero-order valence-electron chi connectivity index (χ0n) is 11.4. The second-order valence-corrected chi connectivity index (χ2v) is 3.70. The first kappa shape index (κ1) is 14.8. The molecule has 0 spiro atoms. The van der Waals surface area contributed by atoms with E-state index < -0.39 is 4.92 Å². The van der Waals surface area contributed by atoms with Gasteiger partial charge in [-0.3, -0.25) is 10.1 Å². The summed E-state index contributed by atoms with van der Waals surface area (Å²) in [6.07, 6.45) is 1.80. The van der Waals surface area contributed by atoms with Gasteiger partial charge in [0.05, 0.1) is 26.3 Å². The number of nitrogens with zero attached hydrogens (tertiary/aromatic N) is 1. The molecular formula is C13H17NO5. The molecule has 0 aliphatic heterocycles. The van der Waals surface area contributed by atoms with Crippen molar-refractivity contribution >= 4 is 6.08 Å². The van der Waals surface area contributed by atoms with E-state index in [9.17, 15) is 10.1 Å². The van der Waals surface area contributed by atoms with Crippen molar-refractivity contribution in [1.82, 2.24) is 0 Å². The van der Waals surface area contributed by atoms with E-state index in [2.05, 4.69) is 0 Å². The molecule has 1 rings (SSSR count). The van der Waals surface area contributed by atoms with Crippen LogP contribution in [0.4, 0.5) is 0 Å². The fourth-order valence-corrected chi connectivity index (χ4v) is 1.63. The van der Waals surface area contributed by atoms with Gasteiger partial charge in [-0.2, -0.15) is 0 Å². The molecule has 0 heterocycles. The molecule has 1 aromatic carbocycles. The van der Waals surface area contributed by atoms with Gasteiger partial charge in [0.15, 0.2) is 11.5 Å². The topological polar surface area (TPSA) is 70.8 Å². The molecule has 6 heteroatoms. The van der Waals surface area contributed by atoms with Crippen LogP contribution < -0.4 is 14.2 Å². The summed E-state index contributed by atoms with van der Waals surface area (Å²) in [5, 5.41) is 10.9. The van der Waals surface area contributed by atoms with Crippen LogP contribution in [-0.4, -0.2) is 26.3 Å². The Labute approximate surface area is 111 Å². The zero-order chi connectivity index (χ0) is 14.4. The Morgan fingerprint density at radius 1 is 1.16 bits per heavy atom. The molecule has 0 aliphatic rings. The lowest BCUT2D eigenvalue weighted by atomic mass is 10.1. The molecule has 0 radical (unpaired) electrons. The molecular weight excluding hydrogens is 250 g/mol. The van der Waals surface area contributed by atoms with Crippen molar-refractivity contribution in [1.29, 1.82) is 0 Å². The van der Waals surface area contributed by atoms with Crippen LogP contribution in [0.3, 0.4) is 0 Å². The minimum absolute atomic E-state index is 0.102. The summed E-state index contributed by atoms with van der Waals surface area (Å²) < 4.78 is 15.5. The second-order valence-electron chi connectivity index (χ2n) is 3.70. The highest BCUT2D eigenvalue weighted by molar-refractivity contribution is 5.64. The summed E-state index contributed by atoms with van der Waals surface area (Å²) in [4.78, 5) is 10.4. The summed E-state index contributed by atoms with van der Waals surface area (Å²) in [6.45, 7) is 1.72. The molecule has 0 aromatic heterocycles. The quantitative estimate of drug-likeness (QED) is 0.585. The van der Waals surface area contributed by atoms with E-state index in [4.69, 9.17) is 14.2 Å². The van der Waals surface area contributed by atoms with Crippen molar-refractivity contribution in [2.24, 2.45) is 0 Å². The number of rotatable bonds is 6. The third-order valence-electron chi connectivity index (χ3n) is 2.65. The maximum Gasteiger partial charge on any atom is 0.246 e. The third-order valence-corrected chi connectivity index (χ3v) is 2.65. The lowest BCUT2D eigenvalue weighted by Gasteiger charge is -2.12. The molecule has 0 atom stereocenters. The summed E-state index contributed by atoms with van der Waals surface area (Å²) in [7, 11) is 4.52. The maximum absolute atomic E-state index is 10.9. The Kier molecular flexibility index (Phi) is 5.17. The summed E-state index contributed by atoms with van der Waals surface area (Å²) in [5.41, 5.74) is 0.680. The molecule has 0 fully saturated rings. The van der Waals surface area contributed by atoms with Crippen molar-refractivity contribution in [3.63, 3.8) is 0 Å². The number of hydrogen-bond acceptors (Lipinski definition) is 5. The van der Waals surface area contributed by atoms with E-state index in [1.807, 2.05) is 0 Å². The van der Waals surface area contributed by atoms with Crippen LogP contribution in [-0.2, 0) is 0 Å². The van der Waals surface area contributed by atoms with Crippen molar-refractivity contribution in [3.05, 3.63) is 33.5 Å². The number of methoxy groups -OCH3 is 3. The molecule has 6 nitrogen and oxygen atoms in total. The van der Waals surface area contributed by atoms with Crippen molar-refractivity contribution in [2.45, 2.75) is 13.3 Å². The standard InChI is InChI=1S/C13H17NO5/c1-5-10(14(15)16)6-9-7-12(18-3)13(19-4)8-11(9)17-2/h6-8H,5H2,1-4H3. The molecule has 0 unspecified atom stereocenters. The Hall–Kier alpha value is -2.24. The molecule has 104 valence electrons. The van der Waals surface area contributed by atoms with Gasteiger partial charge in [-0.05, 0) is 6.07 Å². The van der Waals surface area contributed by atoms with Crippen LogP contribution in [0.2, 0.25) is 0 Å². The molecule has 19 heavy (non-hydrogen) atoms. The van der Waals surface area contributed by atoms with Gasteiger partial charge in [0.2, 0.25) is 5.70 Å². The zero-order valence-corrected chi connectivity index (χ0v) is 11.4. The number of nitro groups is 1. The molecule has 0 N–H and O–H groups in total. The van der Waals surface area contributed by atoms with Crippen LogP contribution in [0, 0.1) is 10.1 Å². The lowest BCUT2D eigenvalue weighted by Crippen LogP contribution is -1.99. The normalized spacial score (nSPS) is 11.1. The first-order valence-electron chi connectivity index (χ1n) is 5.72. The predicted molar refractivity (Wildman–Crippen MR) is 71.4 cm³/mol. The SMILES string of the molecule is CCC(=Cc1cc(OC)c(OC)cc1OC)[N+](=O)[O-]. The Balaban J connectivity index is 3.37. The van der Waals surface area contributed by atoms with Crippen molar-refractivity contribution in [3.8, 4) is 17.2 Å². The second kappa shape index (κ2) is 6.63. The average molecular weight is 267 g/mol. The summed E-state index contributed by atoms with van der Waals surface area (Å²) in [5.74, 6) is 1.49. The minimum Gasteiger partial charge on any atom is -0.496 e. The average Bonchev–Trinajstić information content (AvgIpc) is 2.43. The Morgan fingerprint density at radius 3 is 2.11 bits per heavy atom. The number of allylic oxidation sites excluding steroid dienone is 1. The minimum atomic E-state index is -0.407. The highest BCUT2D eigenvalue weighted by atomic mass is 16.6. The highest BCUT2D eigenvalue weighted by Crippen LogP contribution is 2.35. The van der Waals surface area contributed by atoms with Gasteiger partial charge in [0, 0.05) is 24.1 Å². The van der Waals surface area contributed by atoms with E-state index in [0.717, 1.165) is 0 Å². The van der Waals surface area contributed by atoms with Gasteiger partial charge >= 0.3 is 0 Å². The number of ether oxygens (including phenoxy) is 3. The Bertz CT molecular complexity index is 496. The van der Waals surface area contributed by atoms with Crippen LogP contribution >= 0.6 is 0 Å². The van der Waals surface area contributed by atoms with E-state index in [1.54, 1.807) is 19.1 Å². The lowest BCUT2D eigenvalue weighted by molar-refractivity contribution is -0.425. The van der Waals surface area contributed by atoms with Gasteiger partial charge in [-0.15, -0.1) is 0 Å². The monoisotopic (exact) mass is 267 g/mol. The number of benzene rings is 1. The predicted octanol–water partition coefficient (Wildman–Crippen LogP) is 2.74. The summed E-state index contributed by atoms with van der Waals surface area (Å²) >= 11 is 0. The fraction of sp³-hybridized carbons (Fsp3) is 0.385.